The van der Waals surface area contributed by atoms with Crippen LogP contribution >= 0.6 is 0 Å². The Morgan fingerprint density at radius 2 is 1.89 bits per heavy atom. The second-order valence-corrected chi connectivity index (χ2v) is 4.81. The summed E-state index contributed by atoms with van der Waals surface area (Å²) in [6.07, 6.45) is 7.64. The van der Waals surface area contributed by atoms with Crippen molar-refractivity contribution in [1.82, 2.24) is 15.5 Å². The normalized spacial score (nSPS) is 12.4. The summed E-state index contributed by atoms with van der Waals surface area (Å²) < 4.78 is 5.04. The number of nitrogens with zero attached hydrogens (tertiary/aromatic N) is 2. The average Bonchev–Trinajstić information content (AvgIpc) is 2.46. The molecule has 0 aromatic carbocycles. The maximum Gasteiger partial charge on any atom is 0.233 e. The highest BCUT2D eigenvalue weighted by atomic mass is 16.5. The zero-order chi connectivity index (χ0) is 13.9. The minimum absolute atomic E-state index is 0.310. The van der Waals surface area contributed by atoms with Crippen LogP contribution in [0.1, 0.15) is 64.1 Å². The second-order valence-electron chi connectivity index (χ2n) is 4.81. The lowest BCUT2D eigenvalue weighted by Gasteiger charge is -2.16. The fourth-order valence-electron chi connectivity index (χ4n) is 2.18. The molecule has 0 radical (unpaired) electrons. The molecule has 0 fully saturated rings. The van der Waals surface area contributed by atoms with E-state index in [1.54, 1.807) is 7.11 Å². The molecule has 0 amide bonds. The lowest BCUT2D eigenvalue weighted by Crippen LogP contribution is -2.22. The Labute approximate surface area is 117 Å². The molecule has 1 aromatic rings. The summed E-state index contributed by atoms with van der Waals surface area (Å²) in [4.78, 5) is 0. The number of ether oxygens (including phenoxy) is 1. The summed E-state index contributed by atoms with van der Waals surface area (Å²) >= 11 is 0. The molecule has 1 N–H and O–H groups in total. The fraction of sp³-hybridized carbons (Fsp3) is 0.733. The van der Waals surface area contributed by atoms with Gasteiger partial charge in [0.25, 0.3) is 0 Å². The monoisotopic (exact) mass is 265 g/mol. The van der Waals surface area contributed by atoms with Crippen molar-refractivity contribution in [1.29, 1.82) is 0 Å². The molecule has 0 saturated carbocycles. The maximum atomic E-state index is 5.04. The van der Waals surface area contributed by atoms with Gasteiger partial charge in [0, 0.05) is 6.07 Å². The topological polar surface area (TPSA) is 47.0 Å². The third kappa shape index (κ3) is 6.01. The quantitative estimate of drug-likeness (QED) is 0.658. The van der Waals surface area contributed by atoms with E-state index in [0.717, 1.165) is 18.7 Å². The number of unbranched alkanes of at least 4 members (excludes halogenated alkanes) is 4. The van der Waals surface area contributed by atoms with Crippen molar-refractivity contribution >= 4 is 0 Å². The number of hydrogen-bond donors (Lipinski definition) is 1. The molecular formula is C15H27N3O. The number of methoxy groups -OCH3 is 1. The lowest BCUT2D eigenvalue weighted by atomic mass is 10.0. The SMILES string of the molecule is CCCCCCCC(NCC)c1ccc(OC)nn1. The first-order valence-electron chi connectivity index (χ1n) is 7.42. The van der Waals surface area contributed by atoms with Crippen molar-refractivity contribution in [2.75, 3.05) is 13.7 Å². The Kier molecular flexibility index (Phi) is 8.14. The highest BCUT2D eigenvalue weighted by molar-refractivity contribution is 5.14. The van der Waals surface area contributed by atoms with Gasteiger partial charge in [0.15, 0.2) is 0 Å². The Balaban J connectivity index is 2.45. The van der Waals surface area contributed by atoms with E-state index in [-0.39, 0.29) is 0 Å². The molecule has 19 heavy (non-hydrogen) atoms. The second kappa shape index (κ2) is 9.73. The molecule has 1 rings (SSSR count). The van der Waals surface area contributed by atoms with E-state index in [1.165, 1.54) is 32.1 Å². The Morgan fingerprint density at radius 1 is 1.11 bits per heavy atom. The fourth-order valence-corrected chi connectivity index (χ4v) is 2.18. The van der Waals surface area contributed by atoms with E-state index in [2.05, 4.69) is 29.4 Å². The van der Waals surface area contributed by atoms with Crippen LogP contribution in [0.5, 0.6) is 5.88 Å². The first kappa shape index (κ1) is 15.9. The minimum Gasteiger partial charge on any atom is -0.480 e. The molecular weight excluding hydrogens is 238 g/mol. The highest BCUT2D eigenvalue weighted by Gasteiger charge is 2.12. The summed E-state index contributed by atoms with van der Waals surface area (Å²) in [7, 11) is 1.61. The molecule has 1 aromatic heterocycles. The summed E-state index contributed by atoms with van der Waals surface area (Å²) in [5, 5.41) is 11.8. The molecule has 0 spiro atoms. The van der Waals surface area contributed by atoms with E-state index in [1.807, 2.05) is 12.1 Å². The molecule has 0 saturated heterocycles. The molecule has 1 heterocycles. The van der Waals surface area contributed by atoms with E-state index in [9.17, 15) is 0 Å². The van der Waals surface area contributed by atoms with Crippen molar-refractivity contribution in [3.8, 4) is 5.88 Å². The van der Waals surface area contributed by atoms with Gasteiger partial charge in [0.1, 0.15) is 0 Å². The third-order valence-electron chi connectivity index (χ3n) is 3.27. The number of hydrogen-bond acceptors (Lipinski definition) is 4. The van der Waals surface area contributed by atoms with Gasteiger partial charge in [-0.3, -0.25) is 0 Å². The molecule has 0 aliphatic rings. The first-order chi connectivity index (χ1) is 9.31. The molecule has 0 bridgehead atoms. The highest BCUT2D eigenvalue weighted by Crippen LogP contribution is 2.19. The Morgan fingerprint density at radius 3 is 2.47 bits per heavy atom. The van der Waals surface area contributed by atoms with Crippen LogP contribution in [0.15, 0.2) is 12.1 Å². The van der Waals surface area contributed by atoms with Crippen molar-refractivity contribution in [2.45, 2.75) is 58.4 Å². The van der Waals surface area contributed by atoms with Crippen molar-refractivity contribution in [3.63, 3.8) is 0 Å². The summed E-state index contributed by atoms with van der Waals surface area (Å²) in [6, 6.07) is 4.19. The average molecular weight is 265 g/mol. The zero-order valence-electron chi connectivity index (χ0n) is 12.5. The standard InChI is InChI=1S/C15H27N3O/c1-4-6-7-8-9-10-13(16-5-2)14-11-12-15(19-3)18-17-14/h11-13,16H,4-10H2,1-3H3. The molecule has 4 heteroatoms. The van der Waals surface area contributed by atoms with Gasteiger partial charge in [0.2, 0.25) is 5.88 Å². The van der Waals surface area contributed by atoms with Crippen molar-refractivity contribution in [2.24, 2.45) is 0 Å². The van der Waals surface area contributed by atoms with Crippen LogP contribution in [-0.2, 0) is 0 Å². The van der Waals surface area contributed by atoms with Gasteiger partial charge < -0.3 is 10.1 Å². The predicted octanol–water partition coefficient (Wildman–Crippen LogP) is 3.50. The van der Waals surface area contributed by atoms with Crippen LogP contribution in [0.25, 0.3) is 0 Å². The van der Waals surface area contributed by atoms with Crippen LogP contribution in [0.2, 0.25) is 0 Å². The number of rotatable bonds is 10. The van der Waals surface area contributed by atoms with E-state index < -0.39 is 0 Å². The van der Waals surface area contributed by atoms with Gasteiger partial charge in [-0.25, -0.2) is 0 Å². The molecule has 0 aliphatic carbocycles. The summed E-state index contributed by atoms with van der Waals surface area (Å²) in [6.45, 7) is 5.32. The zero-order valence-corrected chi connectivity index (χ0v) is 12.5. The maximum absolute atomic E-state index is 5.04. The van der Waals surface area contributed by atoms with Crippen molar-refractivity contribution < 1.29 is 4.74 Å². The largest absolute Gasteiger partial charge is 0.480 e. The van der Waals surface area contributed by atoms with Crippen LogP contribution in [0.3, 0.4) is 0 Å². The van der Waals surface area contributed by atoms with Crippen LogP contribution < -0.4 is 10.1 Å². The van der Waals surface area contributed by atoms with Crippen molar-refractivity contribution in [3.05, 3.63) is 17.8 Å². The van der Waals surface area contributed by atoms with Crippen LogP contribution in [0, 0.1) is 0 Å². The van der Waals surface area contributed by atoms with Gasteiger partial charge in [-0.2, -0.15) is 5.10 Å². The van der Waals surface area contributed by atoms with Crippen LogP contribution in [0.4, 0.5) is 0 Å². The van der Waals surface area contributed by atoms with Gasteiger partial charge >= 0.3 is 0 Å². The first-order valence-corrected chi connectivity index (χ1v) is 7.42. The van der Waals surface area contributed by atoms with Crippen LogP contribution in [-0.4, -0.2) is 23.9 Å². The van der Waals surface area contributed by atoms with Gasteiger partial charge in [-0.05, 0) is 19.0 Å². The van der Waals surface area contributed by atoms with E-state index >= 15 is 0 Å². The lowest BCUT2D eigenvalue weighted by molar-refractivity contribution is 0.387. The smallest absolute Gasteiger partial charge is 0.233 e. The molecule has 1 atom stereocenters. The molecule has 0 aliphatic heterocycles. The third-order valence-corrected chi connectivity index (χ3v) is 3.27. The summed E-state index contributed by atoms with van der Waals surface area (Å²) in [5.74, 6) is 0.571. The molecule has 1 unspecified atom stereocenters. The summed E-state index contributed by atoms with van der Waals surface area (Å²) in [5.41, 5.74) is 1.01. The molecule has 4 nitrogen and oxygen atoms in total. The van der Waals surface area contributed by atoms with E-state index in [0.29, 0.717) is 11.9 Å². The van der Waals surface area contributed by atoms with Gasteiger partial charge in [0.05, 0.1) is 18.8 Å². The predicted molar refractivity (Wildman–Crippen MR) is 78.4 cm³/mol. The number of aromatic nitrogens is 2. The Bertz CT molecular complexity index is 327. The van der Waals surface area contributed by atoms with Gasteiger partial charge in [-0.15, -0.1) is 5.10 Å². The number of nitrogens with one attached hydrogen (secondary N) is 1. The Hall–Kier alpha value is -1.16. The molecule has 108 valence electrons. The minimum atomic E-state index is 0.310. The van der Waals surface area contributed by atoms with Gasteiger partial charge in [-0.1, -0.05) is 46.0 Å². The van der Waals surface area contributed by atoms with E-state index in [4.69, 9.17) is 4.74 Å².